The Morgan fingerprint density at radius 2 is 1.87 bits per heavy atom. The van der Waals surface area contributed by atoms with Gasteiger partial charge in [-0.3, -0.25) is 4.79 Å². The van der Waals surface area contributed by atoms with E-state index < -0.39 is 0 Å². The third kappa shape index (κ3) is 7.86. The van der Waals surface area contributed by atoms with Crippen LogP contribution in [-0.4, -0.2) is 30.5 Å². The van der Waals surface area contributed by atoms with Crippen LogP contribution in [0, 0.1) is 0 Å². The second-order valence-electron chi connectivity index (χ2n) is 5.59. The number of nitrogens with zero attached hydrogens (tertiary/aromatic N) is 2. The van der Waals surface area contributed by atoms with E-state index in [-0.39, 0.29) is 30.7 Å². The molecule has 23 heavy (non-hydrogen) atoms. The van der Waals surface area contributed by atoms with E-state index in [1.54, 1.807) is 0 Å². The summed E-state index contributed by atoms with van der Waals surface area (Å²) in [6, 6.07) is 4.11. The maximum atomic E-state index is 11.5. The zero-order chi connectivity index (χ0) is 14.9. The molecule has 2 heterocycles. The van der Waals surface area contributed by atoms with Gasteiger partial charge in [0.1, 0.15) is 5.82 Å². The molecule has 0 unspecified atom stereocenters. The molecule has 0 spiro atoms. The molecule has 132 valence electrons. The lowest BCUT2D eigenvalue weighted by atomic mass is 10.2. The highest BCUT2D eigenvalue weighted by molar-refractivity contribution is 5.85. The minimum Gasteiger partial charge on any atom is -0.357 e. The number of anilines is 1. The van der Waals surface area contributed by atoms with Crippen LogP contribution in [0.2, 0.25) is 0 Å². The van der Waals surface area contributed by atoms with E-state index >= 15 is 0 Å². The highest BCUT2D eigenvalue weighted by atomic mass is 35.5. The Labute approximate surface area is 151 Å². The van der Waals surface area contributed by atoms with Gasteiger partial charge in [-0.2, -0.15) is 0 Å². The molecular formula is C16H28Cl2N4O. The number of carbonyl (C=O) groups excluding carboxylic acids is 1. The first-order valence-electron chi connectivity index (χ1n) is 7.96. The molecule has 0 saturated carbocycles. The Balaban J connectivity index is 0.00000242. The molecule has 1 aromatic heterocycles. The number of hydrogen-bond donors (Lipinski definition) is 2. The van der Waals surface area contributed by atoms with Gasteiger partial charge in [0.25, 0.3) is 0 Å². The molecule has 3 N–H and O–H groups in total. The van der Waals surface area contributed by atoms with E-state index in [4.69, 9.17) is 5.73 Å². The van der Waals surface area contributed by atoms with Crippen LogP contribution >= 0.6 is 24.8 Å². The summed E-state index contributed by atoms with van der Waals surface area (Å²) < 4.78 is 0. The maximum absolute atomic E-state index is 11.5. The summed E-state index contributed by atoms with van der Waals surface area (Å²) in [5.41, 5.74) is 6.42. The molecule has 2 rings (SSSR count). The lowest BCUT2D eigenvalue weighted by Gasteiger charge is -2.21. The van der Waals surface area contributed by atoms with Gasteiger partial charge in [0.05, 0.1) is 0 Å². The second-order valence-corrected chi connectivity index (χ2v) is 5.59. The van der Waals surface area contributed by atoms with Crippen molar-refractivity contribution in [2.24, 2.45) is 5.73 Å². The van der Waals surface area contributed by atoms with Crippen molar-refractivity contribution in [3.8, 4) is 0 Å². The van der Waals surface area contributed by atoms with E-state index in [0.29, 0.717) is 19.5 Å². The lowest BCUT2D eigenvalue weighted by molar-refractivity contribution is -0.121. The molecule has 0 atom stereocenters. The monoisotopic (exact) mass is 362 g/mol. The molecular weight excluding hydrogens is 335 g/mol. The first-order chi connectivity index (χ1) is 10.3. The minimum atomic E-state index is 0. The molecule has 1 aromatic rings. The number of hydrogen-bond acceptors (Lipinski definition) is 4. The van der Waals surface area contributed by atoms with E-state index in [0.717, 1.165) is 30.9 Å². The van der Waals surface area contributed by atoms with Crippen LogP contribution < -0.4 is 16.0 Å². The van der Waals surface area contributed by atoms with Gasteiger partial charge in [-0.05, 0) is 37.4 Å². The highest BCUT2D eigenvalue weighted by Crippen LogP contribution is 2.17. The van der Waals surface area contributed by atoms with Crippen molar-refractivity contribution in [2.45, 2.75) is 45.1 Å². The first kappa shape index (κ1) is 22.0. The molecule has 1 saturated heterocycles. The van der Waals surface area contributed by atoms with Crippen molar-refractivity contribution in [1.29, 1.82) is 0 Å². The Bertz CT molecular complexity index is 434. The molecule has 0 aromatic carbocycles. The molecule has 0 bridgehead atoms. The first-order valence-corrected chi connectivity index (χ1v) is 7.96. The summed E-state index contributed by atoms with van der Waals surface area (Å²) in [5, 5.41) is 2.89. The SMILES string of the molecule is Cl.Cl.NCCCC(=O)NCc1ccc(N2CCCCCC2)nc1. The van der Waals surface area contributed by atoms with Crippen molar-refractivity contribution in [2.75, 3.05) is 24.5 Å². The summed E-state index contributed by atoms with van der Waals surface area (Å²) in [5.74, 6) is 1.10. The van der Waals surface area contributed by atoms with Gasteiger partial charge in [-0.1, -0.05) is 18.9 Å². The number of pyridine rings is 1. The Hall–Kier alpha value is -1.04. The summed E-state index contributed by atoms with van der Waals surface area (Å²) in [6.45, 7) is 3.29. The van der Waals surface area contributed by atoms with Crippen LogP contribution in [0.25, 0.3) is 0 Å². The Morgan fingerprint density at radius 3 is 2.43 bits per heavy atom. The van der Waals surface area contributed by atoms with Gasteiger partial charge in [-0.25, -0.2) is 4.98 Å². The quantitative estimate of drug-likeness (QED) is 0.815. The van der Waals surface area contributed by atoms with E-state index in [1.165, 1.54) is 25.7 Å². The van der Waals surface area contributed by atoms with E-state index in [9.17, 15) is 4.79 Å². The van der Waals surface area contributed by atoms with Crippen molar-refractivity contribution in [1.82, 2.24) is 10.3 Å². The number of halogens is 2. The number of amides is 1. The van der Waals surface area contributed by atoms with Gasteiger partial charge in [0.2, 0.25) is 5.91 Å². The fourth-order valence-corrected chi connectivity index (χ4v) is 2.56. The largest absolute Gasteiger partial charge is 0.357 e. The summed E-state index contributed by atoms with van der Waals surface area (Å²) in [7, 11) is 0. The second kappa shape index (κ2) is 12.4. The fourth-order valence-electron chi connectivity index (χ4n) is 2.56. The zero-order valence-electron chi connectivity index (χ0n) is 13.5. The number of aromatic nitrogens is 1. The van der Waals surface area contributed by atoms with Crippen LogP contribution in [0.4, 0.5) is 5.82 Å². The average Bonchev–Trinajstić information content (AvgIpc) is 2.80. The van der Waals surface area contributed by atoms with Gasteiger partial charge < -0.3 is 16.0 Å². The zero-order valence-corrected chi connectivity index (χ0v) is 15.1. The van der Waals surface area contributed by atoms with Crippen LogP contribution in [0.3, 0.4) is 0 Å². The van der Waals surface area contributed by atoms with Crippen LogP contribution in [0.1, 0.15) is 44.1 Å². The van der Waals surface area contributed by atoms with Gasteiger partial charge in [0, 0.05) is 32.3 Å². The minimum absolute atomic E-state index is 0. The van der Waals surface area contributed by atoms with Gasteiger partial charge >= 0.3 is 0 Å². The van der Waals surface area contributed by atoms with E-state index in [2.05, 4.69) is 27.3 Å². The summed E-state index contributed by atoms with van der Waals surface area (Å²) in [6.07, 6.45) is 8.24. The standard InChI is InChI=1S/C16H26N4O.2ClH/c17-9-5-6-16(21)19-13-14-7-8-15(18-12-14)20-10-3-1-2-4-11-20;;/h7-8,12H,1-6,9-11,13,17H2,(H,19,21);2*1H. The van der Waals surface area contributed by atoms with Crippen molar-refractivity contribution >= 4 is 36.5 Å². The van der Waals surface area contributed by atoms with Crippen molar-refractivity contribution in [3.63, 3.8) is 0 Å². The third-order valence-corrected chi connectivity index (χ3v) is 3.84. The topological polar surface area (TPSA) is 71.2 Å². The van der Waals surface area contributed by atoms with Crippen molar-refractivity contribution < 1.29 is 4.79 Å². The molecule has 0 aliphatic carbocycles. The lowest BCUT2D eigenvalue weighted by Crippen LogP contribution is -2.25. The Morgan fingerprint density at radius 1 is 1.17 bits per heavy atom. The van der Waals surface area contributed by atoms with Gasteiger partial charge in [-0.15, -0.1) is 24.8 Å². The molecule has 1 amide bonds. The normalized spacial score (nSPS) is 14.2. The number of rotatable bonds is 6. The maximum Gasteiger partial charge on any atom is 0.220 e. The fraction of sp³-hybridized carbons (Fsp3) is 0.625. The number of carbonyl (C=O) groups is 1. The van der Waals surface area contributed by atoms with E-state index in [1.807, 2.05) is 6.20 Å². The molecule has 1 fully saturated rings. The number of nitrogens with one attached hydrogen (secondary N) is 1. The molecule has 1 aliphatic heterocycles. The summed E-state index contributed by atoms with van der Waals surface area (Å²) >= 11 is 0. The predicted molar refractivity (Wildman–Crippen MR) is 99.5 cm³/mol. The van der Waals surface area contributed by atoms with Crippen LogP contribution in [0.5, 0.6) is 0 Å². The molecule has 5 nitrogen and oxygen atoms in total. The van der Waals surface area contributed by atoms with Crippen LogP contribution in [0.15, 0.2) is 18.3 Å². The number of nitrogens with two attached hydrogens (primary N) is 1. The third-order valence-electron chi connectivity index (χ3n) is 3.84. The molecule has 0 radical (unpaired) electrons. The summed E-state index contributed by atoms with van der Waals surface area (Å²) in [4.78, 5) is 18.4. The van der Waals surface area contributed by atoms with Crippen molar-refractivity contribution in [3.05, 3.63) is 23.9 Å². The molecule has 1 aliphatic rings. The van der Waals surface area contributed by atoms with Gasteiger partial charge in [0.15, 0.2) is 0 Å². The predicted octanol–water partition coefficient (Wildman–Crippen LogP) is 2.66. The van der Waals surface area contributed by atoms with Crippen LogP contribution in [-0.2, 0) is 11.3 Å². The smallest absolute Gasteiger partial charge is 0.220 e. The average molecular weight is 363 g/mol. The highest BCUT2D eigenvalue weighted by Gasteiger charge is 2.10. The Kier molecular flexibility index (Phi) is 11.8. The molecule has 7 heteroatoms.